The summed E-state index contributed by atoms with van der Waals surface area (Å²) in [5, 5.41) is 7.18. The van der Waals surface area contributed by atoms with Crippen LogP contribution in [-0.4, -0.2) is 8.42 Å². The van der Waals surface area contributed by atoms with Crippen molar-refractivity contribution >= 4 is 31.4 Å². The van der Waals surface area contributed by atoms with E-state index in [4.69, 9.17) is 5.14 Å². The van der Waals surface area contributed by atoms with Gasteiger partial charge in [0.15, 0.2) is 0 Å². The number of rotatable bonds is 2. The van der Waals surface area contributed by atoms with Gasteiger partial charge in [0.2, 0.25) is 10.0 Å². The van der Waals surface area contributed by atoms with E-state index in [1.165, 1.54) is 17.4 Å². The third kappa shape index (κ3) is 2.17. The first-order valence-corrected chi connectivity index (χ1v) is 6.72. The predicted molar refractivity (Wildman–Crippen MR) is 58.6 cm³/mol. The molecule has 1 aromatic carbocycles. The topological polar surface area (TPSA) is 60.2 Å². The lowest BCUT2D eigenvalue weighted by molar-refractivity contribution is 0.597. The molecule has 0 saturated heterocycles. The maximum atomic E-state index is 13.3. The molecule has 2 rings (SSSR count). The highest BCUT2D eigenvalue weighted by Crippen LogP contribution is 2.28. The lowest BCUT2D eigenvalue weighted by Gasteiger charge is -1.97. The monoisotopic (exact) mass is 245 g/mol. The smallest absolute Gasteiger partial charge is 0.213 e. The number of benzene rings is 1. The number of fused-ring (bicyclic) bond motifs is 1. The second kappa shape index (κ2) is 3.55. The Balaban J connectivity index is 2.60. The van der Waals surface area contributed by atoms with Gasteiger partial charge in [-0.25, -0.2) is 17.9 Å². The number of hydrogen-bond donors (Lipinski definition) is 1. The fraction of sp³-hybridized carbons (Fsp3) is 0.111. The molecule has 15 heavy (non-hydrogen) atoms. The molecule has 0 aliphatic heterocycles. The third-order valence-electron chi connectivity index (χ3n) is 1.99. The van der Waals surface area contributed by atoms with Gasteiger partial charge in [0.25, 0.3) is 0 Å². The quantitative estimate of drug-likeness (QED) is 0.877. The minimum Gasteiger partial charge on any atom is -0.228 e. The van der Waals surface area contributed by atoms with Crippen molar-refractivity contribution in [2.45, 2.75) is 5.75 Å². The van der Waals surface area contributed by atoms with Crippen LogP contribution in [0.1, 0.15) is 5.56 Å². The van der Waals surface area contributed by atoms with Crippen LogP contribution >= 0.6 is 11.3 Å². The van der Waals surface area contributed by atoms with Crippen molar-refractivity contribution in [3.05, 3.63) is 35.0 Å². The van der Waals surface area contributed by atoms with E-state index >= 15 is 0 Å². The Kier molecular flexibility index (Phi) is 2.49. The van der Waals surface area contributed by atoms with Gasteiger partial charge in [-0.2, -0.15) is 0 Å². The maximum absolute atomic E-state index is 13.3. The summed E-state index contributed by atoms with van der Waals surface area (Å²) < 4.78 is 35.6. The van der Waals surface area contributed by atoms with Crippen LogP contribution in [0.25, 0.3) is 10.1 Å². The molecule has 2 N–H and O–H groups in total. The summed E-state index contributed by atoms with van der Waals surface area (Å²) in [7, 11) is -3.57. The average molecular weight is 245 g/mol. The van der Waals surface area contributed by atoms with E-state index in [9.17, 15) is 12.8 Å². The van der Waals surface area contributed by atoms with Gasteiger partial charge < -0.3 is 0 Å². The van der Waals surface area contributed by atoms with E-state index in [2.05, 4.69) is 0 Å². The summed E-state index contributed by atoms with van der Waals surface area (Å²) in [5.41, 5.74) is 0.553. The van der Waals surface area contributed by atoms with Gasteiger partial charge in [-0.05, 0) is 22.4 Å². The van der Waals surface area contributed by atoms with Crippen LogP contribution in [0.5, 0.6) is 0 Å². The highest BCUT2D eigenvalue weighted by atomic mass is 32.2. The van der Waals surface area contributed by atoms with Gasteiger partial charge in [-0.1, -0.05) is 12.1 Å². The summed E-state index contributed by atoms with van der Waals surface area (Å²) in [4.78, 5) is 0. The van der Waals surface area contributed by atoms with Crippen molar-refractivity contribution in [1.82, 2.24) is 0 Å². The van der Waals surface area contributed by atoms with Crippen LogP contribution < -0.4 is 5.14 Å². The van der Waals surface area contributed by atoms with Crippen molar-refractivity contribution in [2.75, 3.05) is 0 Å². The van der Waals surface area contributed by atoms with E-state index in [1.54, 1.807) is 17.5 Å². The minimum atomic E-state index is -3.57. The second-order valence-electron chi connectivity index (χ2n) is 3.18. The van der Waals surface area contributed by atoms with Crippen molar-refractivity contribution < 1.29 is 12.8 Å². The first-order valence-electron chi connectivity index (χ1n) is 4.12. The molecule has 0 atom stereocenters. The molecule has 0 radical (unpaired) electrons. The Morgan fingerprint density at radius 2 is 2.13 bits per heavy atom. The van der Waals surface area contributed by atoms with E-state index in [1.807, 2.05) is 0 Å². The lowest BCUT2D eigenvalue weighted by atomic mass is 10.2. The van der Waals surface area contributed by atoms with E-state index in [-0.39, 0.29) is 11.6 Å². The first-order chi connectivity index (χ1) is 6.97. The van der Waals surface area contributed by atoms with E-state index in [0.29, 0.717) is 15.6 Å². The maximum Gasteiger partial charge on any atom is 0.213 e. The molecule has 0 fully saturated rings. The number of thiophene rings is 1. The van der Waals surface area contributed by atoms with E-state index in [0.717, 1.165) is 0 Å². The Morgan fingerprint density at radius 1 is 1.40 bits per heavy atom. The molecule has 2 aromatic rings. The highest BCUT2D eigenvalue weighted by Gasteiger charge is 2.12. The molecule has 0 unspecified atom stereocenters. The Morgan fingerprint density at radius 3 is 2.80 bits per heavy atom. The molecule has 0 bridgehead atoms. The molecule has 6 heteroatoms. The van der Waals surface area contributed by atoms with Crippen LogP contribution in [0.2, 0.25) is 0 Å². The largest absolute Gasteiger partial charge is 0.228 e. The molecule has 0 aliphatic carbocycles. The fourth-order valence-corrected chi connectivity index (χ4v) is 3.16. The second-order valence-corrected chi connectivity index (χ2v) is 5.68. The summed E-state index contributed by atoms with van der Waals surface area (Å²) in [6.45, 7) is 0. The number of sulfonamides is 1. The molecule has 3 nitrogen and oxygen atoms in total. The fourth-order valence-electron chi connectivity index (χ4n) is 1.40. The van der Waals surface area contributed by atoms with Crippen molar-refractivity contribution in [1.29, 1.82) is 0 Å². The summed E-state index contributed by atoms with van der Waals surface area (Å²) in [5.74, 6) is -0.589. The third-order valence-corrected chi connectivity index (χ3v) is 3.76. The van der Waals surface area contributed by atoms with Gasteiger partial charge in [-0.15, -0.1) is 11.3 Å². The Labute approximate surface area is 90.4 Å². The Hall–Kier alpha value is -0.980. The highest BCUT2D eigenvalue weighted by molar-refractivity contribution is 7.88. The van der Waals surface area contributed by atoms with Crippen LogP contribution in [0.4, 0.5) is 4.39 Å². The first kappa shape index (κ1) is 10.5. The summed E-state index contributed by atoms with van der Waals surface area (Å²) >= 11 is 1.19. The minimum absolute atomic E-state index is 0.254. The van der Waals surface area contributed by atoms with Gasteiger partial charge in [0.05, 0.1) is 10.5 Å². The Bertz CT molecular complexity index is 604. The van der Waals surface area contributed by atoms with Crippen LogP contribution in [0.15, 0.2) is 23.6 Å². The molecule has 0 spiro atoms. The molecule has 80 valence electrons. The number of primary sulfonamides is 1. The van der Waals surface area contributed by atoms with Crippen molar-refractivity contribution in [3.8, 4) is 0 Å². The molecular formula is C9H8FNO2S2. The van der Waals surface area contributed by atoms with Crippen molar-refractivity contribution in [3.63, 3.8) is 0 Å². The molecule has 0 amide bonds. The summed E-state index contributed by atoms with van der Waals surface area (Å²) in [6, 6.07) is 4.59. The molecule has 0 saturated carbocycles. The number of halogens is 1. The SMILES string of the molecule is NS(=O)(=O)Cc1csc2c(F)cccc12. The standard InChI is InChI=1S/C9H8FNO2S2/c10-8-3-1-2-7-6(4-14-9(7)8)5-15(11,12)13/h1-4H,5H2,(H2,11,12,13). The number of nitrogens with two attached hydrogens (primary N) is 1. The zero-order valence-corrected chi connectivity index (χ0v) is 9.24. The van der Waals surface area contributed by atoms with Crippen LogP contribution in [0, 0.1) is 5.82 Å². The molecule has 1 aromatic heterocycles. The predicted octanol–water partition coefficient (Wildman–Crippen LogP) is 1.83. The molecule has 1 heterocycles. The lowest BCUT2D eigenvalue weighted by Crippen LogP contribution is -2.14. The number of hydrogen-bond acceptors (Lipinski definition) is 3. The molecular weight excluding hydrogens is 237 g/mol. The van der Waals surface area contributed by atoms with Crippen LogP contribution in [-0.2, 0) is 15.8 Å². The zero-order valence-electron chi connectivity index (χ0n) is 7.60. The van der Waals surface area contributed by atoms with Gasteiger partial charge >= 0.3 is 0 Å². The van der Waals surface area contributed by atoms with Gasteiger partial charge in [-0.3, -0.25) is 0 Å². The molecule has 0 aliphatic rings. The van der Waals surface area contributed by atoms with Gasteiger partial charge in [0, 0.05) is 0 Å². The average Bonchev–Trinajstić information content (AvgIpc) is 2.48. The normalized spacial score (nSPS) is 12.1. The zero-order chi connectivity index (χ0) is 11.1. The van der Waals surface area contributed by atoms with Crippen molar-refractivity contribution in [2.24, 2.45) is 5.14 Å². The van der Waals surface area contributed by atoms with Gasteiger partial charge in [0.1, 0.15) is 5.82 Å². The summed E-state index contributed by atoms with van der Waals surface area (Å²) in [6.07, 6.45) is 0. The van der Waals surface area contributed by atoms with Crippen LogP contribution in [0.3, 0.4) is 0 Å². The van der Waals surface area contributed by atoms with E-state index < -0.39 is 10.0 Å².